The smallest absolute Gasteiger partial charge is 0.266 e. The molecule has 2 heterocycles. The number of methoxy groups -OCH3 is 1. The summed E-state index contributed by atoms with van der Waals surface area (Å²) >= 11 is 0. The van der Waals surface area contributed by atoms with E-state index in [-0.39, 0.29) is 23.3 Å². The zero-order chi connectivity index (χ0) is 23.3. The number of anilines is 2. The Labute approximate surface area is 191 Å². The molecule has 7 heteroatoms. The molecule has 0 radical (unpaired) electrons. The Morgan fingerprint density at radius 2 is 1.70 bits per heavy atom. The van der Waals surface area contributed by atoms with Gasteiger partial charge in [0.05, 0.1) is 24.5 Å². The number of aromatic hydroxyl groups is 1. The molecule has 0 unspecified atom stereocenters. The Hall–Kier alpha value is -3.84. The monoisotopic (exact) mass is 444 g/mol. The standard InChI is InChI=1S/C26H24N2O5/c1-15-9-11-19(16(2)13-15)27-25(30)22-23(17-10-12-20(29)21(14-17)32-3)28(33-24(22)26(27)31)18-7-5-4-6-8-18/h4-14,22-24,29H,1-3H3/t22-,23-,24+/m1/s1. The first-order chi connectivity index (χ1) is 15.9. The summed E-state index contributed by atoms with van der Waals surface area (Å²) in [5, 5.41) is 11.7. The number of phenols is 1. The second kappa shape index (κ2) is 7.94. The lowest BCUT2D eigenvalue weighted by atomic mass is 9.90. The summed E-state index contributed by atoms with van der Waals surface area (Å²) < 4.78 is 5.29. The maximum absolute atomic E-state index is 13.7. The molecule has 0 spiro atoms. The Morgan fingerprint density at radius 3 is 2.39 bits per heavy atom. The number of nitrogens with zero attached hydrogens (tertiary/aromatic N) is 2. The van der Waals surface area contributed by atoms with Crippen molar-refractivity contribution in [1.82, 2.24) is 0 Å². The van der Waals surface area contributed by atoms with E-state index in [1.807, 2.05) is 56.3 Å². The van der Waals surface area contributed by atoms with Gasteiger partial charge < -0.3 is 9.84 Å². The number of carbonyl (C=O) groups excluding carboxylic acids is 2. The molecule has 1 N–H and O–H groups in total. The second-order valence-corrected chi connectivity index (χ2v) is 8.39. The predicted octanol–water partition coefficient (Wildman–Crippen LogP) is 4.07. The van der Waals surface area contributed by atoms with Gasteiger partial charge in [0.25, 0.3) is 5.91 Å². The van der Waals surface area contributed by atoms with Crippen molar-refractivity contribution >= 4 is 23.2 Å². The van der Waals surface area contributed by atoms with E-state index >= 15 is 0 Å². The topological polar surface area (TPSA) is 79.3 Å². The number of amides is 2. The number of para-hydroxylation sites is 1. The van der Waals surface area contributed by atoms with E-state index in [1.54, 1.807) is 23.3 Å². The van der Waals surface area contributed by atoms with E-state index in [9.17, 15) is 14.7 Å². The highest BCUT2D eigenvalue weighted by Crippen LogP contribution is 2.48. The van der Waals surface area contributed by atoms with Crippen molar-refractivity contribution < 1.29 is 24.3 Å². The number of hydrogen-bond acceptors (Lipinski definition) is 6. The summed E-state index contributed by atoms with van der Waals surface area (Å²) in [5.74, 6) is -1.17. The molecule has 0 aromatic heterocycles. The van der Waals surface area contributed by atoms with Crippen LogP contribution < -0.4 is 14.7 Å². The summed E-state index contributed by atoms with van der Waals surface area (Å²) in [7, 11) is 1.47. The summed E-state index contributed by atoms with van der Waals surface area (Å²) in [6.45, 7) is 3.85. The van der Waals surface area contributed by atoms with Crippen molar-refractivity contribution in [2.45, 2.75) is 26.0 Å². The Balaban J connectivity index is 1.61. The first kappa shape index (κ1) is 21.0. The van der Waals surface area contributed by atoms with Crippen LogP contribution in [0.25, 0.3) is 0 Å². The molecular weight excluding hydrogens is 420 g/mol. The maximum Gasteiger partial charge on any atom is 0.266 e. The molecule has 2 aliphatic heterocycles. The fraction of sp³-hybridized carbons (Fsp3) is 0.231. The van der Waals surface area contributed by atoms with Crippen molar-refractivity contribution in [2.75, 3.05) is 17.1 Å². The molecule has 33 heavy (non-hydrogen) atoms. The molecule has 5 rings (SSSR count). The van der Waals surface area contributed by atoms with E-state index in [4.69, 9.17) is 9.57 Å². The molecule has 7 nitrogen and oxygen atoms in total. The van der Waals surface area contributed by atoms with Crippen LogP contribution in [0.4, 0.5) is 11.4 Å². The lowest BCUT2D eigenvalue weighted by Crippen LogP contribution is -2.37. The van der Waals surface area contributed by atoms with Crippen LogP contribution in [0.5, 0.6) is 11.5 Å². The van der Waals surface area contributed by atoms with Crippen molar-refractivity contribution in [3.05, 3.63) is 83.4 Å². The molecule has 0 aliphatic carbocycles. The summed E-state index contributed by atoms with van der Waals surface area (Å²) in [6, 6.07) is 19.3. The highest BCUT2D eigenvalue weighted by molar-refractivity contribution is 6.24. The number of fused-ring (bicyclic) bond motifs is 1. The van der Waals surface area contributed by atoms with Crippen LogP contribution in [0.3, 0.4) is 0 Å². The predicted molar refractivity (Wildman–Crippen MR) is 123 cm³/mol. The van der Waals surface area contributed by atoms with Gasteiger partial charge in [-0.2, -0.15) is 0 Å². The van der Waals surface area contributed by atoms with Gasteiger partial charge in [-0.05, 0) is 55.3 Å². The van der Waals surface area contributed by atoms with Gasteiger partial charge in [0.1, 0.15) is 5.92 Å². The molecule has 2 aliphatic rings. The number of rotatable bonds is 4. The van der Waals surface area contributed by atoms with Gasteiger partial charge in [-0.15, -0.1) is 0 Å². The molecule has 2 amide bonds. The van der Waals surface area contributed by atoms with Gasteiger partial charge in [-0.1, -0.05) is 42.0 Å². The van der Waals surface area contributed by atoms with Gasteiger partial charge in [0.15, 0.2) is 17.6 Å². The lowest BCUT2D eigenvalue weighted by Gasteiger charge is -2.29. The highest BCUT2D eigenvalue weighted by atomic mass is 16.7. The number of aryl methyl sites for hydroxylation is 2. The van der Waals surface area contributed by atoms with E-state index in [2.05, 4.69) is 0 Å². The Bertz CT molecular complexity index is 1240. The van der Waals surface area contributed by atoms with Crippen molar-refractivity contribution in [3.63, 3.8) is 0 Å². The van der Waals surface area contributed by atoms with Crippen LogP contribution in [0.2, 0.25) is 0 Å². The zero-order valence-electron chi connectivity index (χ0n) is 18.6. The Morgan fingerprint density at radius 1 is 0.939 bits per heavy atom. The van der Waals surface area contributed by atoms with Crippen LogP contribution in [-0.4, -0.2) is 30.1 Å². The number of hydroxylamine groups is 1. The van der Waals surface area contributed by atoms with Gasteiger partial charge in [-0.3, -0.25) is 14.4 Å². The Kier molecular flexibility index (Phi) is 5.06. The minimum Gasteiger partial charge on any atom is -0.504 e. The quantitative estimate of drug-likeness (QED) is 0.611. The normalized spacial score (nSPS) is 22.1. The molecule has 2 saturated heterocycles. The maximum atomic E-state index is 13.7. The third kappa shape index (κ3) is 3.32. The largest absolute Gasteiger partial charge is 0.504 e. The third-order valence-corrected chi connectivity index (χ3v) is 6.26. The second-order valence-electron chi connectivity index (χ2n) is 8.39. The summed E-state index contributed by atoms with van der Waals surface area (Å²) in [4.78, 5) is 34.6. The first-order valence-electron chi connectivity index (χ1n) is 10.7. The minimum atomic E-state index is -0.955. The van der Waals surface area contributed by atoms with Gasteiger partial charge >= 0.3 is 0 Å². The summed E-state index contributed by atoms with van der Waals surface area (Å²) in [5.41, 5.74) is 3.89. The highest BCUT2D eigenvalue weighted by Gasteiger charge is 2.60. The SMILES string of the molecule is COc1cc([C@@H]2[C@H]3C(=O)N(c4ccc(C)cc4C)C(=O)[C@H]3ON2c2ccccc2)ccc1O. The molecular formula is C26H24N2O5. The zero-order valence-corrected chi connectivity index (χ0v) is 18.6. The molecule has 168 valence electrons. The number of phenolic OH excluding ortho intramolecular Hbond substituents is 1. The first-order valence-corrected chi connectivity index (χ1v) is 10.7. The van der Waals surface area contributed by atoms with Gasteiger partial charge in [-0.25, -0.2) is 9.96 Å². The number of ether oxygens (including phenoxy) is 1. The number of carbonyl (C=O) groups is 2. The lowest BCUT2D eigenvalue weighted by molar-refractivity contribution is -0.126. The van der Waals surface area contributed by atoms with E-state index < -0.39 is 18.1 Å². The molecule has 3 aromatic carbocycles. The number of benzene rings is 3. The van der Waals surface area contributed by atoms with Crippen LogP contribution >= 0.6 is 0 Å². The van der Waals surface area contributed by atoms with Crippen LogP contribution in [0.15, 0.2) is 66.7 Å². The van der Waals surface area contributed by atoms with Crippen molar-refractivity contribution in [2.24, 2.45) is 5.92 Å². The van der Waals surface area contributed by atoms with Gasteiger partial charge in [0.2, 0.25) is 5.91 Å². The summed E-state index contributed by atoms with van der Waals surface area (Å²) in [6.07, 6.45) is -0.955. The van der Waals surface area contributed by atoms with Crippen LogP contribution in [0, 0.1) is 19.8 Å². The number of imide groups is 1. The van der Waals surface area contributed by atoms with Crippen molar-refractivity contribution in [1.29, 1.82) is 0 Å². The fourth-order valence-corrected chi connectivity index (χ4v) is 4.72. The molecule has 3 atom stereocenters. The average Bonchev–Trinajstić information content (AvgIpc) is 3.31. The third-order valence-electron chi connectivity index (χ3n) is 6.26. The molecule has 3 aromatic rings. The van der Waals surface area contributed by atoms with Gasteiger partial charge in [0, 0.05) is 0 Å². The van der Waals surface area contributed by atoms with E-state index in [0.29, 0.717) is 11.3 Å². The molecule has 0 saturated carbocycles. The van der Waals surface area contributed by atoms with E-state index in [0.717, 1.165) is 16.8 Å². The fourth-order valence-electron chi connectivity index (χ4n) is 4.72. The number of hydrogen-bond donors (Lipinski definition) is 1. The molecule has 0 bridgehead atoms. The average molecular weight is 444 g/mol. The minimum absolute atomic E-state index is 0.00583. The van der Waals surface area contributed by atoms with Crippen molar-refractivity contribution in [3.8, 4) is 11.5 Å². The van der Waals surface area contributed by atoms with Crippen LogP contribution in [-0.2, 0) is 14.4 Å². The molecule has 2 fully saturated rings. The van der Waals surface area contributed by atoms with Crippen LogP contribution in [0.1, 0.15) is 22.7 Å². The van der Waals surface area contributed by atoms with E-state index in [1.165, 1.54) is 18.1 Å².